The molecular formula is C25H32N6O. The number of piperidine rings is 1. The van der Waals surface area contributed by atoms with E-state index in [1.165, 1.54) is 5.56 Å². The molecule has 32 heavy (non-hydrogen) atoms. The standard InChI is InChI=1S/C25H32N6O/c1-18-11-14-30(15-12-18)23(32)17-31-13-5-8-22(31)21-10-9-20-24(28-29-25(20)27-21)26-16-19-6-3-2-4-7-19/h2-4,6-7,9-10,18,22H,5,8,11-17H2,1H3,(H2,26,27,28,29)/t22-/m1/s1. The summed E-state index contributed by atoms with van der Waals surface area (Å²) in [6.07, 6.45) is 4.37. The van der Waals surface area contributed by atoms with Crippen molar-refractivity contribution in [1.29, 1.82) is 0 Å². The fourth-order valence-electron chi connectivity index (χ4n) is 4.90. The van der Waals surface area contributed by atoms with Crippen molar-refractivity contribution in [2.45, 2.75) is 45.2 Å². The number of benzene rings is 1. The van der Waals surface area contributed by atoms with Gasteiger partial charge in [-0.05, 0) is 55.8 Å². The zero-order chi connectivity index (χ0) is 21.9. The van der Waals surface area contributed by atoms with Crippen LogP contribution in [0.1, 0.15) is 49.9 Å². The molecule has 168 valence electrons. The molecule has 2 aliphatic heterocycles. The molecule has 2 fully saturated rings. The van der Waals surface area contributed by atoms with Crippen LogP contribution >= 0.6 is 0 Å². The van der Waals surface area contributed by atoms with E-state index in [2.05, 4.69) is 51.6 Å². The highest BCUT2D eigenvalue weighted by Gasteiger charge is 2.31. The van der Waals surface area contributed by atoms with E-state index < -0.39 is 0 Å². The van der Waals surface area contributed by atoms with Crippen LogP contribution in [0.4, 0.5) is 5.82 Å². The minimum Gasteiger partial charge on any atom is -0.364 e. The van der Waals surface area contributed by atoms with Gasteiger partial charge in [-0.15, -0.1) is 0 Å². The number of fused-ring (bicyclic) bond motifs is 1. The second-order valence-electron chi connectivity index (χ2n) is 9.24. The van der Waals surface area contributed by atoms with Crippen LogP contribution in [0, 0.1) is 5.92 Å². The van der Waals surface area contributed by atoms with E-state index in [9.17, 15) is 4.79 Å². The first-order chi connectivity index (χ1) is 15.7. The number of carbonyl (C=O) groups excluding carboxylic acids is 1. The first-order valence-electron chi connectivity index (χ1n) is 11.8. The molecule has 3 aromatic rings. The van der Waals surface area contributed by atoms with Gasteiger partial charge >= 0.3 is 0 Å². The molecule has 5 rings (SSSR count). The average molecular weight is 433 g/mol. The van der Waals surface area contributed by atoms with Crippen molar-refractivity contribution in [3.63, 3.8) is 0 Å². The monoisotopic (exact) mass is 432 g/mol. The van der Waals surface area contributed by atoms with E-state index in [-0.39, 0.29) is 11.9 Å². The van der Waals surface area contributed by atoms with Crippen molar-refractivity contribution in [3.05, 3.63) is 53.7 Å². The number of hydrogen-bond donors (Lipinski definition) is 2. The zero-order valence-electron chi connectivity index (χ0n) is 18.8. The van der Waals surface area contributed by atoms with Gasteiger partial charge < -0.3 is 10.2 Å². The van der Waals surface area contributed by atoms with Crippen LogP contribution in [0.3, 0.4) is 0 Å². The molecule has 0 spiro atoms. The fourth-order valence-corrected chi connectivity index (χ4v) is 4.90. The summed E-state index contributed by atoms with van der Waals surface area (Å²) in [5.74, 6) is 1.82. The van der Waals surface area contributed by atoms with Crippen LogP contribution in [0.15, 0.2) is 42.5 Å². The highest BCUT2D eigenvalue weighted by molar-refractivity contribution is 5.87. The molecule has 2 aromatic heterocycles. The number of pyridine rings is 1. The number of hydrogen-bond acceptors (Lipinski definition) is 5. The molecule has 7 nitrogen and oxygen atoms in total. The molecule has 4 heterocycles. The van der Waals surface area contributed by atoms with Gasteiger partial charge in [0.1, 0.15) is 0 Å². The van der Waals surface area contributed by atoms with Gasteiger partial charge in [0.05, 0.1) is 23.7 Å². The Balaban J connectivity index is 1.26. The van der Waals surface area contributed by atoms with Gasteiger partial charge in [-0.25, -0.2) is 4.98 Å². The molecular weight excluding hydrogens is 400 g/mol. The van der Waals surface area contributed by atoms with Crippen LogP contribution in [-0.2, 0) is 11.3 Å². The Bertz CT molecular complexity index is 1060. The molecule has 0 bridgehead atoms. The summed E-state index contributed by atoms with van der Waals surface area (Å²) in [5.41, 5.74) is 3.03. The number of amides is 1. The van der Waals surface area contributed by atoms with E-state index in [1.807, 2.05) is 23.1 Å². The largest absolute Gasteiger partial charge is 0.364 e. The molecule has 2 saturated heterocycles. The number of nitrogens with zero attached hydrogens (tertiary/aromatic N) is 4. The van der Waals surface area contributed by atoms with E-state index in [4.69, 9.17) is 4.98 Å². The van der Waals surface area contributed by atoms with Gasteiger partial charge in [-0.1, -0.05) is 37.3 Å². The van der Waals surface area contributed by atoms with Gasteiger partial charge in [-0.3, -0.25) is 14.8 Å². The maximum absolute atomic E-state index is 12.9. The lowest BCUT2D eigenvalue weighted by Crippen LogP contribution is -2.43. The van der Waals surface area contributed by atoms with Gasteiger partial charge in [0, 0.05) is 19.6 Å². The van der Waals surface area contributed by atoms with E-state index in [1.54, 1.807) is 0 Å². The maximum atomic E-state index is 12.9. The van der Waals surface area contributed by atoms with Gasteiger partial charge in [0.25, 0.3) is 0 Å². The summed E-state index contributed by atoms with van der Waals surface area (Å²) in [5, 5.41) is 11.9. The Hall–Kier alpha value is -2.93. The molecule has 1 aromatic carbocycles. The van der Waals surface area contributed by atoms with E-state index in [0.29, 0.717) is 6.54 Å². The predicted octanol–water partition coefficient (Wildman–Crippen LogP) is 3.97. The Morgan fingerprint density at radius 1 is 1.09 bits per heavy atom. The minimum atomic E-state index is 0.191. The minimum absolute atomic E-state index is 0.191. The molecule has 0 radical (unpaired) electrons. The van der Waals surface area contributed by atoms with Crippen LogP contribution in [0.2, 0.25) is 0 Å². The van der Waals surface area contributed by atoms with Gasteiger partial charge in [-0.2, -0.15) is 5.10 Å². The van der Waals surface area contributed by atoms with Crippen molar-refractivity contribution in [1.82, 2.24) is 25.0 Å². The lowest BCUT2D eigenvalue weighted by molar-refractivity contribution is -0.134. The lowest BCUT2D eigenvalue weighted by atomic mass is 9.99. The highest BCUT2D eigenvalue weighted by Crippen LogP contribution is 2.32. The summed E-state index contributed by atoms with van der Waals surface area (Å²) in [6, 6.07) is 14.7. The topological polar surface area (TPSA) is 77.2 Å². The number of carbonyl (C=O) groups is 1. The number of aromatic nitrogens is 3. The Kier molecular flexibility index (Phi) is 6.08. The van der Waals surface area contributed by atoms with Crippen molar-refractivity contribution in [2.24, 2.45) is 5.92 Å². The van der Waals surface area contributed by atoms with Crippen molar-refractivity contribution < 1.29 is 4.79 Å². The lowest BCUT2D eigenvalue weighted by Gasteiger charge is -2.32. The molecule has 1 amide bonds. The first kappa shape index (κ1) is 20.9. The summed E-state index contributed by atoms with van der Waals surface area (Å²) >= 11 is 0. The van der Waals surface area contributed by atoms with Crippen molar-refractivity contribution >= 4 is 22.8 Å². The first-order valence-corrected chi connectivity index (χ1v) is 11.8. The van der Waals surface area contributed by atoms with Gasteiger partial charge in [0.2, 0.25) is 5.91 Å². The SMILES string of the molecule is CC1CCN(C(=O)CN2CCC[C@@H]2c2ccc3c(NCc4ccccc4)n[nH]c3n2)CC1. The number of H-pyrrole nitrogens is 1. The number of rotatable bonds is 6. The highest BCUT2D eigenvalue weighted by atomic mass is 16.2. The van der Waals surface area contributed by atoms with E-state index >= 15 is 0 Å². The third-order valence-electron chi connectivity index (χ3n) is 6.93. The Morgan fingerprint density at radius 2 is 1.91 bits per heavy atom. The van der Waals surface area contributed by atoms with Crippen molar-refractivity contribution in [2.75, 3.05) is 31.5 Å². The maximum Gasteiger partial charge on any atom is 0.236 e. The normalized spacial score (nSPS) is 20.2. The van der Waals surface area contributed by atoms with Crippen LogP contribution in [-0.4, -0.2) is 57.1 Å². The molecule has 7 heteroatoms. The van der Waals surface area contributed by atoms with E-state index in [0.717, 1.165) is 80.3 Å². The third kappa shape index (κ3) is 4.48. The molecule has 2 N–H and O–H groups in total. The number of likely N-dealkylation sites (tertiary alicyclic amines) is 2. The van der Waals surface area contributed by atoms with Crippen LogP contribution < -0.4 is 5.32 Å². The van der Waals surface area contributed by atoms with Crippen LogP contribution in [0.5, 0.6) is 0 Å². The third-order valence-corrected chi connectivity index (χ3v) is 6.93. The Morgan fingerprint density at radius 3 is 2.72 bits per heavy atom. The van der Waals surface area contributed by atoms with Gasteiger partial charge in [0.15, 0.2) is 11.5 Å². The number of aromatic amines is 1. The average Bonchev–Trinajstić information content (AvgIpc) is 3.45. The zero-order valence-corrected chi connectivity index (χ0v) is 18.8. The second kappa shape index (κ2) is 9.28. The quantitative estimate of drug-likeness (QED) is 0.616. The summed E-state index contributed by atoms with van der Waals surface area (Å²) < 4.78 is 0. The summed E-state index contributed by atoms with van der Waals surface area (Å²) in [4.78, 5) is 22.1. The second-order valence-corrected chi connectivity index (χ2v) is 9.24. The molecule has 2 aliphatic rings. The van der Waals surface area contributed by atoms with Crippen LogP contribution in [0.25, 0.3) is 11.0 Å². The summed E-state index contributed by atoms with van der Waals surface area (Å²) in [6.45, 7) is 6.23. The number of anilines is 1. The molecule has 0 saturated carbocycles. The number of nitrogens with one attached hydrogen (secondary N) is 2. The summed E-state index contributed by atoms with van der Waals surface area (Å²) in [7, 11) is 0. The molecule has 0 aliphatic carbocycles. The van der Waals surface area contributed by atoms with Crippen molar-refractivity contribution in [3.8, 4) is 0 Å². The molecule has 0 unspecified atom stereocenters. The Labute approximate surface area is 189 Å². The predicted molar refractivity (Wildman–Crippen MR) is 126 cm³/mol. The molecule has 1 atom stereocenters. The smallest absolute Gasteiger partial charge is 0.236 e. The fraction of sp³-hybridized carbons (Fsp3) is 0.480.